The van der Waals surface area contributed by atoms with E-state index in [9.17, 15) is 63.9 Å². The molecule has 7 amide bonds. The van der Waals surface area contributed by atoms with Crippen molar-refractivity contribution in [3.05, 3.63) is 114 Å². The molecular weight excluding hydrogens is 1320 g/mol. The molecule has 534 valence electrons. The first-order chi connectivity index (χ1) is 48.4. The Morgan fingerprint density at radius 1 is 0.861 bits per heavy atom. The number of para-hydroxylation sites is 1. The Labute approximate surface area is 585 Å². The maximum absolute atomic E-state index is 13.8. The number of carbonyl (C=O) groups excluding carboxylic acids is 6. The number of imide groups is 1. The Kier molecular flexibility index (Phi) is 21.1. The number of aliphatic hydroxyl groups excluding tert-OH is 3. The van der Waals surface area contributed by atoms with Crippen molar-refractivity contribution >= 4 is 91.8 Å². The standard InChI is InChI=1S/C72H82N10O18S/c1-41-45(44-17-18-47(76-59(44)64(90)91)43-16-20-52-50(34-43)80(29-32-96-52)68(94)78-67-77-48-12-7-8-13-54(48)101-67)36-74-82(41)40-72-35-53(46-23-25-70(2,38-72)37-71(46,3)39-72)97-31-28-79(4)69(95)98-30-10-11-42-15-19-51(99-66-62(89)60(87)61(88)63(100-66)65(92)93)49(33-42)75-56(84)24-26-73-55(83)14-6-5-9-27-81-57(85)21-22-58(81)86/h7-8,10-13,15-22,33-34,36,46,53,60-63,66,87-89H,5-6,9,14,23-32,35,37-40H2,1-4H3,(H,73,83)(H,75,84)(H,90,91)(H,92,93)(H,77,78,94)/b11-10+/t46?,53?,60-,61-,62+,63-,66+,70?,71?,72?/m0/s1. The van der Waals surface area contributed by atoms with E-state index in [-0.39, 0.29) is 128 Å². The van der Waals surface area contributed by atoms with Crippen molar-refractivity contribution in [3.63, 3.8) is 0 Å². The van der Waals surface area contributed by atoms with Gasteiger partial charge in [0.15, 0.2) is 16.9 Å². The SMILES string of the molecule is Cc1c(-c2ccc(-c3ccc4c(c3)N(C(=O)Nc3nc5ccccc5s3)CCO4)nc2C(=O)O)cnn1CC12CC(OCCN(C)C(=O)OC/C=C/c3ccc(O[C@@H]4O[C@H](C(=O)O)[C@@H](O)[C@H](O)[C@H]4O)c(NC(=O)CCNC(=O)CCCCCN4C(=O)C=CC4=O)c3)C3CCC(C)(C1)CC3(C)C2. The number of nitrogens with zero attached hydrogens (tertiary/aromatic N) is 7. The van der Waals surface area contributed by atoms with Gasteiger partial charge in [0.2, 0.25) is 18.1 Å². The predicted molar refractivity (Wildman–Crippen MR) is 369 cm³/mol. The molecule has 10 atom stereocenters. The number of aromatic carboxylic acids is 1. The maximum atomic E-state index is 13.8. The quantitative estimate of drug-likeness (QED) is 0.0188. The molecule has 1 saturated heterocycles. The van der Waals surface area contributed by atoms with Gasteiger partial charge >= 0.3 is 24.1 Å². The molecule has 12 rings (SSSR count). The summed E-state index contributed by atoms with van der Waals surface area (Å²) in [6, 6.07) is 20.6. The molecular formula is C72H82N10O18S. The smallest absolute Gasteiger partial charge is 0.409 e. The normalized spacial score (nSPS) is 25.0. The minimum Gasteiger partial charge on any atom is -0.490 e. The fourth-order valence-electron chi connectivity index (χ4n) is 15.7. The lowest BCUT2D eigenvalue weighted by Crippen LogP contribution is -2.61. The van der Waals surface area contributed by atoms with Crippen LogP contribution in [0.4, 0.5) is 26.1 Å². The summed E-state index contributed by atoms with van der Waals surface area (Å²) in [5, 5.41) is 65.5. The number of anilines is 3. The zero-order valence-electron chi connectivity index (χ0n) is 56.4. The van der Waals surface area contributed by atoms with Crippen LogP contribution in [0.2, 0.25) is 0 Å². The van der Waals surface area contributed by atoms with E-state index in [2.05, 4.69) is 34.8 Å². The molecule has 4 fully saturated rings. The Bertz CT molecular complexity index is 4200. The first-order valence-corrected chi connectivity index (χ1v) is 34.7. The molecule has 101 heavy (non-hydrogen) atoms. The number of unbranched alkanes of at least 4 members (excludes halogenated alkanes) is 2. The highest BCUT2D eigenvalue weighted by atomic mass is 32.1. The maximum Gasteiger partial charge on any atom is 0.409 e. The summed E-state index contributed by atoms with van der Waals surface area (Å²) in [5.74, 6) is -3.78. The van der Waals surface area contributed by atoms with E-state index in [0.29, 0.717) is 70.3 Å². The molecule has 3 bridgehead atoms. The summed E-state index contributed by atoms with van der Waals surface area (Å²) in [4.78, 5) is 115. The highest BCUT2D eigenvalue weighted by Crippen LogP contribution is 2.69. The topological polar surface area (TPSA) is 373 Å². The monoisotopic (exact) mass is 1410 g/mol. The van der Waals surface area contributed by atoms with Crippen LogP contribution in [0.15, 0.2) is 97.2 Å². The fourth-order valence-corrected chi connectivity index (χ4v) is 16.6. The molecule has 5 unspecified atom stereocenters. The van der Waals surface area contributed by atoms with Crippen molar-refractivity contribution < 1.29 is 87.6 Å². The molecule has 0 radical (unpaired) electrons. The number of aliphatic carboxylic acids is 1. The van der Waals surface area contributed by atoms with E-state index in [1.807, 2.05) is 35.9 Å². The summed E-state index contributed by atoms with van der Waals surface area (Å²) >= 11 is 1.38. The molecule has 6 aliphatic rings. The predicted octanol–water partition coefficient (Wildman–Crippen LogP) is 8.02. The minimum absolute atomic E-state index is 0.0236. The van der Waals surface area contributed by atoms with Gasteiger partial charge in [-0.15, -0.1) is 0 Å². The Balaban J connectivity index is 0.654. The van der Waals surface area contributed by atoms with E-state index >= 15 is 0 Å². The van der Waals surface area contributed by atoms with Gasteiger partial charge < -0.3 is 64.8 Å². The molecule has 29 heteroatoms. The van der Waals surface area contributed by atoms with Crippen molar-refractivity contribution in [1.82, 2.24) is 34.9 Å². The van der Waals surface area contributed by atoms with Crippen LogP contribution in [0.5, 0.6) is 11.5 Å². The number of hydrogen-bond acceptors (Lipinski definition) is 20. The van der Waals surface area contributed by atoms with Crippen molar-refractivity contribution in [1.29, 1.82) is 0 Å². The summed E-state index contributed by atoms with van der Waals surface area (Å²) in [7, 11) is 1.62. The molecule has 3 aromatic carbocycles. The number of urea groups is 1. The third kappa shape index (κ3) is 15.8. The number of hydrogen-bond donors (Lipinski definition) is 8. The number of aliphatic hydroxyl groups is 3. The van der Waals surface area contributed by atoms with E-state index in [0.717, 1.165) is 59.3 Å². The number of pyridine rings is 1. The van der Waals surface area contributed by atoms with Crippen molar-refractivity contribution in [2.75, 3.05) is 68.6 Å². The molecule has 0 spiro atoms. The third-order valence-corrected chi connectivity index (χ3v) is 21.1. The van der Waals surface area contributed by atoms with Crippen LogP contribution in [0.1, 0.15) is 106 Å². The van der Waals surface area contributed by atoms with E-state index in [4.69, 9.17) is 33.8 Å². The first kappa shape index (κ1) is 71.2. The van der Waals surface area contributed by atoms with Gasteiger partial charge in [-0.25, -0.2) is 29.1 Å². The number of fused-ring (bicyclic) bond motifs is 4. The third-order valence-electron chi connectivity index (χ3n) is 20.2. The van der Waals surface area contributed by atoms with Crippen LogP contribution in [0.3, 0.4) is 0 Å². The molecule has 3 aliphatic heterocycles. The van der Waals surface area contributed by atoms with Crippen molar-refractivity contribution in [3.8, 4) is 33.9 Å². The molecule has 6 aromatic rings. The summed E-state index contributed by atoms with van der Waals surface area (Å²) in [5.41, 5.74) is 4.38. The zero-order chi connectivity index (χ0) is 71.5. The van der Waals surface area contributed by atoms with Crippen LogP contribution < -0.4 is 30.3 Å². The first-order valence-electron chi connectivity index (χ1n) is 33.8. The van der Waals surface area contributed by atoms with Crippen LogP contribution in [0, 0.1) is 29.1 Å². The number of benzene rings is 3. The summed E-state index contributed by atoms with van der Waals surface area (Å²) in [6.07, 6.45) is 4.35. The second-order valence-corrected chi connectivity index (χ2v) is 28.7. The number of aromatic nitrogens is 4. The van der Waals surface area contributed by atoms with Gasteiger partial charge in [-0.05, 0) is 147 Å². The average Bonchev–Trinajstić information content (AvgIpc) is 0.835. The van der Waals surface area contributed by atoms with Gasteiger partial charge in [0.05, 0.1) is 52.7 Å². The number of likely N-dealkylation sites (N-methyl/N-ethyl adjacent to an activating group) is 1. The van der Waals surface area contributed by atoms with E-state index < -0.39 is 54.6 Å². The van der Waals surface area contributed by atoms with Crippen LogP contribution >= 0.6 is 11.3 Å². The lowest BCUT2D eigenvalue weighted by molar-refractivity contribution is -0.271. The number of carboxylic acids is 2. The van der Waals surface area contributed by atoms with Crippen LogP contribution in [-0.2, 0) is 44.7 Å². The number of nitrogens with one attached hydrogen (secondary N) is 3. The average molecular weight is 1410 g/mol. The summed E-state index contributed by atoms with van der Waals surface area (Å²) in [6.45, 7) is 8.40. The van der Waals surface area contributed by atoms with E-state index in [1.54, 1.807) is 66.7 Å². The van der Waals surface area contributed by atoms with Crippen molar-refractivity contribution in [2.45, 2.75) is 135 Å². The van der Waals surface area contributed by atoms with Gasteiger partial charge in [-0.2, -0.15) is 5.10 Å². The second-order valence-electron chi connectivity index (χ2n) is 27.7. The van der Waals surface area contributed by atoms with Gasteiger partial charge in [-0.3, -0.25) is 39.0 Å². The fraction of sp³-hybridized carbons (Fsp3) is 0.458. The molecule has 28 nitrogen and oxygen atoms in total. The Hall–Kier alpha value is -9.65. The Morgan fingerprint density at radius 3 is 2.45 bits per heavy atom. The molecule has 3 saturated carbocycles. The minimum atomic E-state index is -1.98. The Morgan fingerprint density at radius 2 is 1.66 bits per heavy atom. The van der Waals surface area contributed by atoms with Gasteiger partial charge in [0.25, 0.3) is 11.8 Å². The highest BCUT2D eigenvalue weighted by molar-refractivity contribution is 7.22. The van der Waals surface area contributed by atoms with Gasteiger partial charge in [-0.1, -0.05) is 55.9 Å². The molecule has 6 heterocycles. The van der Waals surface area contributed by atoms with Crippen molar-refractivity contribution in [2.24, 2.45) is 22.2 Å². The largest absolute Gasteiger partial charge is 0.490 e. The van der Waals surface area contributed by atoms with E-state index in [1.165, 1.54) is 40.5 Å². The second kappa shape index (κ2) is 29.9. The number of thiazole rings is 1. The number of carbonyl (C=O) groups is 8. The number of carboxylic acid groups (broad SMARTS) is 2. The highest BCUT2D eigenvalue weighted by Gasteiger charge is 2.62. The number of ether oxygens (including phenoxy) is 5. The zero-order valence-corrected chi connectivity index (χ0v) is 57.2. The summed E-state index contributed by atoms with van der Waals surface area (Å²) < 4.78 is 32.5. The van der Waals surface area contributed by atoms with Crippen LogP contribution in [0.25, 0.3) is 38.7 Å². The van der Waals surface area contributed by atoms with Gasteiger partial charge in [0.1, 0.15) is 43.0 Å². The number of amides is 7. The van der Waals surface area contributed by atoms with Crippen LogP contribution in [-0.4, -0.2) is 193 Å². The number of rotatable bonds is 26. The lowest BCUT2D eigenvalue weighted by Gasteiger charge is -2.66. The molecule has 8 N–H and O–H groups in total. The molecule has 3 aromatic heterocycles. The lowest BCUT2D eigenvalue weighted by atomic mass is 9.41. The molecule has 3 aliphatic carbocycles. The van der Waals surface area contributed by atoms with Gasteiger partial charge in [0, 0.05) is 80.6 Å².